The van der Waals surface area contributed by atoms with Gasteiger partial charge >= 0.3 is 12.2 Å². The highest BCUT2D eigenvalue weighted by Gasteiger charge is 2.34. The summed E-state index contributed by atoms with van der Waals surface area (Å²) in [4.78, 5) is 34.5. The molecule has 0 bridgehead atoms. The molecule has 1 aliphatic rings. The Labute approximate surface area is 145 Å². The number of non-ortho nitro benzene ring substituents is 1. The molecule has 136 valence electrons. The molecule has 0 radical (unpaired) electrons. The lowest BCUT2D eigenvalue weighted by Gasteiger charge is -2.29. The van der Waals surface area contributed by atoms with Gasteiger partial charge in [-0.05, 0) is 44.9 Å². The molecule has 0 atom stereocenters. The number of nitrogens with zero attached hydrogens (tertiary/aromatic N) is 3. The van der Waals surface area contributed by atoms with E-state index >= 15 is 0 Å². The number of benzene rings is 1. The van der Waals surface area contributed by atoms with Crippen LogP contribution in [0.25, 0.3) is 0 Å². The number of carbonyl (C=O) groups excluding carboxylic acids is 2. The Morgan fingerprint density at radius 3 is 2.20 bits per heavy atom. The number of hydrogen-bond donors (Lipinski definition) is 0. The van der Waals surface area contributed by atoms with Gasteiger partial charge in [0.05, 0.1) is 4.92 Å². The van der Waals surface area contributed by atoms with E-state index in [1.807, 2.05) is 0 Å². The number of carbonyl (C=O) groups is 2. The van der Waals surface area contributed by atoms with Crippen LogP contribution >= 0.6 is 0 Å². The van der Waals surface area contributed by atoms with Crippen molar-refractivity contribution in [3.05, 3.63) is 39.9 Å². The molecular formula is C16H21N3O6. The van der Waals surface area contributed by atoms with Crippen LogP contribution in [0.1, 0.15) is 32.8 Å². The summed E-state index contributed by atoms with van der Waals surface area (Å²) in [6.07, 6.45) is -0.634. The summed E-state index contributed by atoms with van der Waals surface area (Å²) in [6, 6.07) is 5.71. The normalized spacial score (nSPS) is 14.4. The number of hydrogen-bond acceptors (Lipinski definition) is 6. The quantitative estimate of drug-likeness (QED) is 0.612. The summed E-state index contributed by atoms with van der Waals surface area (Å²) in [5, 5.41) is 13.0. The van der Waals surface area contributed by atoms with Gasteiger partial charge in [0.2, 0.25) is 0 Å². The lowest BCUT2D eigenvalue weighted by atomic mass is 10.2. The molecule has 0 N–H and O–H groups in total. The largest absolute Gasteiger partial charge is 0.443 e. The molecule has 1 aromatic carbocycles. The summed E-state index contributed by atoms with van der Waals surface area (Å²) in [5.41, 5.74) is -0.0822. The summed E-state index contributed by atoms with van der Waals surface area (Å²) in [6.45, 7) is 5.93. The fraction of sp³-hybridized carbons (Fsp3) is 0.500. The third kappa shape index (κ3) is 5.07. The van der Waals surface area contributed by atoms with Crippen molar-refractivity contribution in [2.45, 2.75) is 39.4 Å². The molecule has 2 amide bonds. The van der Waals surface area contributed by atoms with Gasteiger partial charge in [-0.1, -0.05) is 0 Å². The number of ether oxygens (including phenoxy) is 2. The van der Waals surface area contributed by atoms with Crippen LogP contribution in [0, 0.1) is 10.1 Å². The van der Waals surface area contributed by atoms with Crippen molar-refractivity contribution < 1.29 is 24.0 Å². The predicted molar refractivity (Wildman–Crippen MR) is 87.5 cm³/mol. The van der Waals surface area contributed by atoms with E-state index in [1.165, 1.54) is 34.3 Å². The van der Waals surface area contributed by atoms with Crippen molar-refractivity contribution in [1.82, 2.24) is 10.0 Å². The maximum Gasteiger partial charge on any atom is 0.429 e. The maximum atomic E-state index is 12.2. The van der Waals surface area contributed by atoms with Gasteiger partial charge in [0, 0.05) is 25.2 Å². The number of rotatable bonds is 3. The van der Waals surface area contributed by atoms with Gasteiger partial charge in [-0.2, -0.15) is 0 Å². The molecule has 9 heteroatoms. The minimum atomic E-state index is -0.665. The van der Waals surface area contributed by atoms with Crippen LogP contribution in [0.3, 0.4) is 0 Å². The van der Waals surface area contributed by atoms with E-state index in [0.717, 1.165) is 0 Å². The Morgan fingerprint density at radius 2 is 1.68 bits per heavy atom. The van der Waals surface area contributed by atoms with Crippen LogP contribution in [0.5, 0.6) is 0 Å². The van der Waals surface area contributed by atoms with Crippen LogP contribution in [-0.2, 0) is 16.1 Å². The van der Waals surface area contributed by atoms with Gasteiger partial charge < -0.3 is 9.47 Å². The highest BCUT2D eigenvalue weighted by atomic mass is 16.6. The minimum Gasteiger partial charge on any atom is -0.443 e. The van der Waals surface area contributed by atoms with Crippen LogP contribution < -0.4 is 0 Å². The molecule has 0 spiro atoms. The van der Waals surface area contributed by atoms with Crippen LogP contribution in [0.4, 0.5) is 15.3 Å². The molecule has 9 nitrogen and oxygen atoms in total. The summed E-state index contributed by atoms with van der Waals surface area (Å²) in [5.74, 6) is 0. The van der Waals surface area contributed by atoms with E-state index in [2.05, 4.69) is 0 Å². The first-order chi connectivity index (χ1) is 11.7. The van der Waals surface area contributed by atoms with Crippen molar-refractivity contribution in [1.29, 1.82) is 0 Å². The van der Waals surface area contributed by atoms with Crippen molar-refractivity contribution in [3.8, 4) is 0 Å². The number of hydrazine groups is 1. The van der Waals surface area contributed by atoms with Crippen molar-refractivity contribution in [2.24, 2.45) is 0 Å². The van der Waals surface area contributed by atoms with Gasteiger partial charge in [0.25, 0.3) is 5.69 Å². The molecule has 1 heterocycles. The summed E-state index contributed by atoms with van der Waals surface area (Å²) >= 11 is 0. The predicted octanol–water partition coefficient (Wildman–Crippen LogP) is 3.09. The third-order valence-electron chi connectivity index (χ3n) is 3.36. The Bertz CT molecular complexity index is 653. The lowest BCUT2D eigenvalue weighted by molar-refractivity contribution is -0.384. The third-order valence-corrected chi connectivity index (χ3v) is 3.36. The van der Waals surface area contributed by atoms with Gasteiger partial charge in [-0.25, -0.2) is 19.6 Å². The standard InChI is InChI=1S/C16H21N3O6/c1-16(2,3)25-15(21)18-10-4-9-17(18)14(20)24-11-12-5-7-13(8-6-12)19(22)23/h5-8H,4,9-11H2,1-3H3. The Balaban J connectivity index is 1.93. The Hall–Kier alpha value is -2.84. The highest BCUT2D eigenvalue weighted by molar-refractivity contribution is 5.75. The second kappa shape index (κ2) is 7.37. The SMILES string of the molecule is CC(C)(C)OC(=O)N1CCCN1C(=O)OCc1ccc([N+](=O)[O-])cc1. The smallest absolute Gasteiger partial charge is 0.429 e. The topological polar surface area (TPSA) is 102 Å². The average molecular weight is 351 g/mol. The van der Waals surface area contributed by atoms with Crippen LogP contribution in [-0.4, -0.2) is 45.8 Å². The first kappa shape index (κ1) is 18.5. The van der Waals surface area contributed by atoms with Gasteiger partial charge in [0.1, 0.15) is 12.2 Å². The summed E-state index contributed by atoms with van der Waals surface area (Å²) < 4.78 is 10.5. The zero-order chi connectivity index (χ0) is 18.6. The first-order valence-electron chi connectivity index (χ1n) is 7.85. The Morgan fingerprint density at radius 1 is 1.12 bits per heavy atom. The monoisotopic (exact) mass is 351 g/mol. The van der Waals surface area contributed by atoms with Crippen LogP contribution in [0.15, 0.2) is 24.3 Å². The van der Waals surface area contributed by atoms with Gasteiger partial charge in [-0.15, -0.1) is 0 Å². The molecule has 25 heavy (non-hydrogen) atoms. The van der Waals surface area contributed by atoms with Gasteiger partial charge in [-0.3, -0.25) is 10.1 Å². The highest BCUT2D eigenvalue weighted by Crippen LogP contribution is 2.18. The van der Waals surface area contributed by atoms with Crippen molar-refractivity contribution >= 4 is 17.9 Å². The molecule has 1 aromatic rings. The molecule has 1 aliphatic heterocycles. The van der Waals surface area contributed by atoms with E-state index in [4.69, 9.17) is 9.47 Å². The van der Waals surface area contributed by atoms with Gasteiger partial charge in [0.15, 0.2) is 0 Å². The van der Waals surface area contributed by atoms with E-state index in [-0.39, 0.29) is 12.3 Å². The second-order valence-corrected chi connectivity index (χ2v) is 6.56. The maximum absolute atomic E-state index is 12.2. The van der Waals surface area contributed by atoms with E-state index < -0.39 is 22.7 Å². The Kier molecular flexibility index (Phi) is 5.45. The minimum absolute atomic E-state index is 0.0364. The lowest BCUT2D eigenvalue weighted by Crippen LogP contribution is -2.47. The summed E-state index contributed by atoms with van der Waals surface area (Å²) in [7, 11) is 0. The number of nitro benzene ring substituents is 1. The molecule has 2 rings (SSSR count). The van der Waals surface area contributed by atoms with Crippen molar-refractivity contribution in [2.75, 3.05) is 13.1 Å². The zero-order valence-electron chi connectivity index (χ0n) is 14.4. The molecule has 0 aromatic heterocycles. The average Bonchev–Trinajstić information content (AvgIpc) is 3.01. The fourth-order valence-electron chi connectivity index (χ4n) is 2.24. The second-order valence-electron chi connectivity index (χ2n) is 6.56. The molecule has 0 aliphatic carbocycles. The molecule has 1 saturated heterocycles. The fourth-order valence-corrected chi connectivity index (χ4v) is 2.24. The molecule has 0 saturated carbocycles. The van der Waals surface area contributed by atoms with E-state index in [9.17, 15) is 19.7 Å². The van der Waals surface area contributed by atoms with Crippen molar-refractivity contribution in [3.63, 3.8) is 0 Å². The molecule has 0 unspecified atom stereocenters. The van der Waals surface area contributed by atoms with Crippen LogP contribution in [0.2, 0.25) is 0 Å². The zero-order valence-corrected chi connectivity index (χ0v) is 14.4. The number of nitro groups is 1. The molecular weight excluding hydrogens is 330 g/mol. The number of amides is 2. The molecule has 1 fully saturated rings. The van der Waals surface area contributed by atoms with E-state index in [0.29, 0.717) is 25.1 Å². The van der Waals surface area contributed by atoms with E-state index in [1.54, 1.807) is 20.8 Å². The first-order valence-corrected chi connectivity index (χ1v) is 7.85.